The van der Waals surface area contributed by atoms with Crippen LogP contribution in [0, 0.1) is 11.8 Å². The number of carbonyl (C=O) groups is 2. The third kappa shape index (κ3) is 6.30. The van der Waals surface area contributed by atoms with E-state index in [1.54, 1.807) is 46.0 Å². The number of ether oxygens (including phenoxy) is 3. The molecule has 0 radical (unpaired) electrons. The van der Waals surface area contributed by atoms with Crippen LogP contribution < -0.4 is 19.7 Å². The quantitative estimate of drug-likeness (QED) is 0.696. The Morgan fingerprint density at radius 2 is 2.03 bits per heavy atom. The smallest absolute Gasteiger partial charge is 0.408 e. The first-order chi connectivity index (χ1) is 15.1. The van der Waals surface area contributed by atoms with Crippen LogP contribution >= 0.6 is 0 Å². The molecule has 1 aromatic carbocycles. The van der Waals surface area contributed by atoms with E-state index in [-0.39, 0.29) is 19.1 Å². The van der Waals surface area contributed by atoms with Crippen LogP contribution in [-0.2, 0) is 9.53 Å². The van der Waals surface area contributed by atoms with E-state index in [9.17, 15) is 14.7 Å². The minimum absolute atomic E-state index is 0.0142. The number of hydrogen-bond acceptors (Lipinski definition) is 6. The summed E-state index contributed by atoms with van der Waals surface area (Å²) in [4.78, 5) is 26.4. The van der Waals surface area contributed by atoms with Crippen LogP contribution in [0.4, 0.5) is 10.5 Å². The zero-order chi connectivity index (χ0) is 23.4. The highest BCUT2D eigenvalue weighted by atomic mass is 16.6. The van der Waals surface area contributed by atoms with E-state index in [0.717, 1.165) is 19.3 Å². The van der Waals surface area contributed by atoms with Crippen LogP contribution in [0.5, 0.6) is 11.5 Å². The maximum atomic E-state index is 12.9. The normalized spacial score (nSPS) is 20.1. The van der Waals surface area contributed by atoms with Crippen LogP contribution in [0.3, 0.4) is 0 Å². The molecular formula is C24H32N2O6. The number of nitrogens with one attached hydrogen (secondary N) is 1. The van der Waals surface area contributed by atoms with Crippen molar-refractivity contribution in [1.82, 2.24) is 5.32 Å². The van der Waals surface area contributed by atoms with Crippen molar-refractivity contribution in [2.75, 3.05) is 25.2 Å². The Bertz CT molecular complexity index is 905. The van der Waals surface area contributed by atoms with E-state index in [4.69, 9.17) is 14.2 Å². The fraction of sp³-hybridized carbons (Fsp3) is 0.583. The summed E-state index contributed by atoms with van der Waals surface area (Å²) >= 11 is 0. The van der Waals surface area contributed by atoms with Crippen molar-refractivity contribution in [2.45, 2.75) is 70.1 Å². The molecular weight excluding hydrogens is 412 g/mol. The summed E-state index contributed by atoms with van der Waals surface area (Å²) in [5, 5.41) is 13.0. The number of rotatable bonds is 3. The van der Waals surface area contributed by atoms with Crippen molar-refractivity contribution in [2.24, 2.45) is 0 Å². The first kappa shape index (κ1) is 23.7. The molecule has 1 aliphatic heterocycles. The van der Waals surface area contributed by atoms with Crippen molar-refractivity contribution in [3.63, 3.8) is 0 Å². The molecule has 3 rings (SSSR count). The largest absolute Gasteiger partial charge is 0.489 e. The molecule has 8 heteroatoms. The second kappa shape index (κ2) is 9.70. The summed E-state index contributed by atoms with van der Waals surface area (Å²) in [7, 11) is 1.61. The van der Waals surface area contributed by atoms with Gasteiger partial charge in [-0.05, 0) is 58.6 Å². The Kier molecular flexibility index (Phi) is 7.19. The van der Waals surface area contributed by atoms with Crippen LogP contribution in [0.15, 0.2) is 18.2 Å². The monoisotopic (exact) mass is 444 g/mol. The zero-order valence-corrected chi connectivity index (χ0v) is 19.2. The zero-order valence-electron chi connectivity index (χ0n) is 19.2. The SMILES string of the molecule is CN1C(=O)[C@@H](NC(=O)OC(C)(C)C)COc2ccc(OCC#CC3(O)CCCCC3)cc21. The van der Waals surface area contributed by atoms with Crippen LogP contribution in [0.25, 0.3) is 0 Å². The summed E-state index contributed by atoms with van der Waals surface area (Å²) in [5.41, 5.74) is -1.05. The molecule has 1 aliphatic carbocycles. The number of fused-ring (bicyclic) bond motifs is 1. The summed E-state index contributed by atoms with van der Waals surface area (Å²) in [6.45, 7) is 5.37. The molecule has 1 aromatic rings. The molecule has 0 aromatic heterocycles. The lowest BCUT2D eigenvalue weighted by Gasteiger charge is -2.26. The third-order valence-corrected chi connectivity index (χ3v) is 5.33. The number of hydrogen-bond donors (Lipinski definition) is 2. The third-order valence-electron chi connectivity index (χ3n) is 5.33. The van der Waals surface area contributed by atoms with Gasteiger partial charge in [0.2, 0.25) is 0 Å². The van der Waals surface area contributed by atoms with Gasteiger partial charge in [-0.3, -0.25) is 4.79 Å². The Hall–Kier alpha value is -2.92. The Balaban J connectivity index is 1.63. The van der Waals surface area contributed by atoms with Crippen molar-refractivity contribution < 1.29 is 28.9 Å². The Morgan fingerprint density at radius 3 is 2.72 bits per heavy atom. The van der Waals surface area contributed by atoms with Gasteiger partial charge < -0.3 is 29.5 Å². The van der Waals surface area contributed by atoms with E-state index in [1.807, 2.05) is 0 Å². The molecule has 2 N–H and O–H groups in total. The topological polar surface area (TPSA) is 97.3 Å². The maximum absolute atomic E-state index is 12.9. The van der Waals surface area contributed by atoms with Crippen LogP contribution in [0.2, 0.25) is 0 Å². The van der Waals surface area contributed by atoms with Gasteiger partial charge in [-0.2, -0.15) is 0 Å². The van der Waals surface area contributed by atoms with Gasteiger partial charge in [0.1, 0.15) is 42.0 Å². The van der Waals surface area contributed by atoms with Gasteiger partial charge in [0, 0.05) is 13.1 Å². The van der Waals surface area contributed by atoms with Crippen molar-refractivity contribution in [3.05, 3.63) is 18.2 Å². The van der Waals surface area contributed by atoms with E-state index in [1.165, 1.54) is 4.90 Å². The summed E-state index contributed by atoms with van der Waals surface area (Å²) in [6.07, 6.45) is 3.82. The van der Waals surface area contributed by atoms with Crippen LogP contribution in [-0.4, -0.2) is 54.6 Å². The summed E-state index contributed by atoms with van der Waals surface area (Å²) in [6, 6.07) is 4.26. The van der Waals surface area contributed by atoms with E-state index < -0.39 is 23.3 Å². The number of benzene rings is 1. The van der Waals surface area contributed by atoms with Gasteiger partial charge >= 0.3 is 6.09 Å². The van der Waals surface area contributed by atoms with E-state index in [2.05, 4.69) is 17.2 Å². The molecule has 2 amide bonds. The maximum Gasteiger partial charge on any atom is 0.408 e. The highest BCUT2D eigenvalue weighted by Crippen LogP contribution is 2.34. The van der Waals surface area contributed by atoms with Gasteiger partial charge in [-0.25, -0.2) is 4.79 Å². The molecule has 1 atom stereocenters. The lowest BCUT2D eigenvalue weighted by molar-refractivity contribution is -0.120. The first-order valence-corrected chi connectivity index (χ1v) is 11.0. The van der Waals surface area contributed by atoms with Crippen LogP contribution in [0.1, 0.15) is 52.9 Å². The van der Waals surface area contributed by atoms with Gasteiger partial charge in [-0.15, -0.1) is 0 Å². The fourth-order valence-electron chi connectivity index (χ4n) is 3.70. The fourth-order valence-corrected chi connectivity index (χ4v) is 3.70. The highest BCUT2D eigenvalue weighted by molar-refractivity contribution is 6.00. The molecule has 1 heterocycles. The van der Waals surface area contributed by atoms with Gasteiger partial charge in [0.15, 0.2) is 0 Å². The molecule has 8 nitrogen and oxygen atoms in total. The number of aliphatic hydroxyl groups is 1. The number of anilines is 1. The van der Waals surface area contributed by atoms with E-state index >= 15 is 0 Å². The molecule has 32 heavy (non-hydrogen) atoms. The van der Waals surface area contributed by atoms with Gasteiger partial charge in [-0.1, -0.05) is 18.3 Å². The average Bonchev–Trinajstić information content (AvgIpc) is 2.83. The lowest BCUT2D eigenvalue weighted by Crippen LogP contribution is -2.50. The Morgan fingerprint density at radius 1 is 1.31 bits per heavy atom. The first-order valence-electron chi connectivity index (χ1n) is 11.0. The van der Waals surface area contributed by atoms with Gasteiger partial charge in [0.05, 0.1) is 5.69 Å². The number of likely N-dealkylation sites (N-methyl/N-ethyl adjacent to an activating group) is 1. The second-order valence-corrected chi connectivity index (χ2v) is 9.22. The average molecular weight is 445 g/mol. The van der Waals surface area contributed by atoms with Crippen molar-refractivity contribution in [1.29, 1.82) is 0 Å². The molecule has 174 valence electrons. The second-order valence-electron chi connectivity index (χ2n) is 9.22. The standard InChI is InChI=1S/C24H32N2O6/c1-23(2,3)32-22(28)25-18-16-31-20-10-9-17(15-19(20)26(4)21(18)27)30-14-8-13-24(29)11-6-5-7-12-24/h9-10,15,18,29H,5-7,11-12,14,16H2,1-4H3,(H,25,28)/t18-/m0/s1. The molecule has 1 saturated carbocycles. The number of carbonyl (C=O) groups excluding carboxylic acids is 2. The predicted molar refractivity (Wildman–Crippen MR) is 120 cm³/mol. The molecule has 0 saturated heterocycles. The molecule has 0 unspecified atom stereocenters. The van der Waals surface area contributed by atoms with Crippen molar-refractivity contribution in [3.8, 4) is 23.3 Å². The molecule has 0 spiro atoms. The summed E-state index contributed by atoms with van der Waals surface area (Å²) in [5.74, 6) is 6.54. The number of nitrogens with zero attached hydrogens (tertiary/aromatic N) is 1. The number of alkyl carbamates (subject to hydrolysis) is 1. The number of amides is 2. The Labute approximate surface area is 189 Å². The summed E-state index contributed by atoms with van der Waals surface area (Å²) < 4.78 is 16.7. The molecule has 2 aliphatic rings. The van der Waals surface area contributed by atoms with E-state index in [0.29, 0.717) is 30.0 Å². The van der Waals surface area contributed by atoms with Gasteiger partial charge in [0.25, 0.3) is 5.91 Å². The predicted octanol–water partition coefficient (Wildman–Crippen LogP) is 3.01. The minimum Gasteiger partial charge on any atom is -0.489 e. The highest BCUT2D eigenvalue weighted by Gasteiger charge is 2.32. The lowest BCUT2D eigenvalue weighted by atomic mass is 9.85. The minimum atomic E-state index is -0.911. The molecule has 1 fully saturated rings. The van der Waals surface area contributed by atoms with Crippen molar-refractivity contribution >= 4 is 17.7 Å². The molecule has 0 bridgehead atoms.